The number of nitrogens with zero attached hydrogens (tertiary/aromatic N) is 4. The van der Waals surface area contributed by atoms with E-state index in [-0.39, 0.29) is 6.04 Å². The van der Waals surface area contributed by atoms with Crippen LogP contribution in [0.15, 0.2) is 0 Å². The molecule has 92 valence electrons. The van der Waals surface area contributed by atoms with E-state index in [1.54, 1.807) is 0 Å². The highest BCUT2D eigenvalue weighted by atomic mass is 15.6. The molecule has 0 spiro atoms. The molecule has 0 bridgehead atoms. The third kappa shape index (κ3) is 3.27. The van der Waals surface area contributed by atoms with Crippen molar-refractivity contribution in [2.24, 2.45) is 0 Å². The van der Waals surface area contributed by atoms with Crippen LogP contribution in [0.2, 0.25) is 0 Å². The molecule has 0 amide bonds. The SMILES string of the molecule is CCCCCC(C)n1nnnc1C(C)NC. The first-order valence-corrected chi connectivity index (χ1v) is 6.15. The zero-order valence-corrected chi connectivity index (χ0v) is 10.8. The fourth-order valence-corrected chi connectivity index (χ4v) is 1.74. The second-order valence-electron chi connectivity index (χ2n) is 4.34. The molecule has 1 rings (SSSR count). The van der Waals surface area contributed by atoms with Crippen LogP contribution in [0.5, 0.6) is 0 Å². The van der Waals surface area contributed by atoms with Crippen LogP contribution in [0, 0.1) is 0 Å². The van der Waals surface area contributed by atoms with Gasteiger partial charge in [0, 0.05) is 0 Å². The van der Waals surface area contributed by atoms with E-state index < -0.39 is 0 Å². The molecule has 2 unspecified atom stereocenters. The summed E-state index contributed by atoms with van der Waals surface area (Å²) in [7, 11) is 1.92. The zero-order chi connectivity index (χ0) is 12.0. The van der Waals surface area contributed by atoms with Crippen LogP contribution >= 0.6 is 0 Å². The smallest absolute Gasteiger partial charge is 0.168 e. The van der Waals surface area contributed by atoms with Gasteiger partial charge in [0.2, 0.25) is 0 Å². The van der Waals surface area contributed by atoms with E-state index in [1.807, 2.05) is 11.7 Å². The molecule has 0 fully saturated rings. The Morgan fingerprint density at radius 2 is 2.06 bits per heavy atom. The molecule has 16 heavy (non-hydrogen) atoms. The molecule has 5 nitrogen and oxygen atoms in total. The molecule has 0 aliphatic heterocycles. The molecular weight excluding hydrogens is 202 g/mol. The zero-order valence-electron chi connectivity index (χ0n) is 10.8. The number of tetrazole rings is 1. The Labute approximate surface area is 97.6 Å². The van der Waals surface area contributed by atoms with E-state index in [0.29, 0.717) is 6.04 Å². The van der Waals surface area contributed by atoms with Crippen LogP contribution in [-0.4, -0.2) is 27.3 Å². The highest BCUT2D eigenvalue weighted by molar-refractivity contribution is 4.90. The second-order valence-corrected chi connectivity index (χ2v) is 4.34. The summed E-state index contributed by atoms with van der Waals surface area (Å²) in [5.41, 5.74) is 0. The van der Waals surface area contributed by atoms with Crippen LogP contribution in [-0.2, 0) is 0 Å². The van der Waals surface area contributed by atoms with E-state index >= 15 is 0 Å². The molecule has 0 aromatic carbocycles. The lowest BCUT2D eigenvalue weighted by atomic mass is 10.1. The van der Waals surface area contributed by atoms with Crippen molar-refractivity contribution in [2.45, 2.75) is 58.5 Å². The fraction of sp³-hybridized carbons (Fsp3) is 0.909. The second kappa shape index (κ2) is 6.58. The van der Waals surface area contributed by atoms with Gasteiger partial charge in [0.1, 0.15) is 0 Å². The van der Waals surface area contributed by atoms with Crippen molar-refractivity contribution in [3.63, 3.8) is 0 Å². The lowest BCUT2D eigenvalue weighted by molar-refractivity contribution is 0.400. The summed E-state index contributed by atoms with van der Waals surface area (Å²) < 4.78 is 1.94. The largest absolute Gasteiger partial charge is 0.311 e. The van der Waals surface area contributed by atoms with Crippen molar-refractivity contribution in [1.29, 1.82) is 0 Å². The first-order valence-electron chi connectivity index (χ1n) is 6.15. The van der Waals surface area contributed by atoms with E-state index in [1.165, 1.54) is 19.3 Å². The third-order valence-corrected chi connectivity index (χ3v) is 2.98. The summed E-state index contributed by atoms with van der Waals surface area (Å²) in [6.45, 7) is 6.47. The first kappa shape index (κ1) is 13.1. The molecule has 0 aliphatic carbocycles. The standard InChI is InChI=1S/C11H23N5/c1-5-6-7-8-9(2)16-11(10(3)12-4)13-14-15-16/h9-10,12H,5-8H2,1-4H3. The molecule has 1 aromatic rings. The summed E-state index contributed by atoms with van der Waals surface area (Å²) in [6, 6.07) is 0.580. The van der Waals surface area contributed by atoms with Gasteiger partial charge < -0.3 is 5.32 Å². The van der Waals surface area contributed by atoms with E-state index in [2.05, 4.69) is 41.6 Å². The molecule has 1 aromatic heterocycles. The van der Waals surface area contributed by atoms with Gasteiger partial charge in [-0.1, -0.05) is 26.2 Å². The summed E-state index contributed by atoms with van der Waals surface area (Å²) in [6.07, 6.45) is 4.92. The Kier molecular flexibility index (Phi) is 5.38. The highest BCUT2D eigenvalue weighted by Gasteiger charge is 2.16. The predicted octanol–water partition coefficient (Wildman–Crippen LogP) is 2.09. The average Bonchev–Trinajstić information content (AvgIpc) is 2.77. The molecule has 1 heterocycles. The summed E-state index contributed by atoms with van der Waals surface area (Å²) in [5.74, 6) is 0.923. The Morgan fingerprint density at radius 3 is 2.69 bits per heavy atom. The van der Waals surface area contributed by atoms with Crippen LogP contribution < -0.4 is 5.32 Å². The third-order valence-electron chi connectivity index (χ3n) is 2.98. The van der Waals surface area contributed by atoms with Crippen LogP contribution in [0.3, 0.4) is 0 Å². The Balaban J connectivity index is 2.60. The predicted molar refractivity (Wildman–Crippen MR) is 64.1 cm³/mol. The molecular formula is C11H23N5. The topological polar surface area (TPSA) is 55.6 Å². The molecule has 0 saturated heterocycles. The maximum absolute atomic E-state index is 4.08. The first-order chi connectivity index (χ1) is 7.70. The van der Waals surface area contributed by atoms with Gasteiger partial charge in [0.15, 0.2) is 5.82 Å². The van der Waals surface area contributed by atoms with Gasteiger partial charge in [-0.25, -0.2) is 4.68 Å². The number of unbranched alkanes of at least 4 members (excludes halogenated alkanes) is 2. The lowest BCUT2D eigenvalue weighted by Gasteiger charge is -2.16. The normalized spacial score (nSPS) is 15.0. The van der Waals surface area contributed by atoms with Crippen molar-refractivity contribution < 1.29 is 0 Å². The lowest BCUT2D eigenvalue weighted by Crippen LogP contribution is -2.20. The quantitative estimate of drug-likeness (QED) is 0.722. The molecule has 5 heteroatoms. The fourth-order valence-electron chi connectivity index (χ4n) is 1.74. The van der Waals surface area contributed by atoms with Gasteiger partial charge in [0.25, 0.3) is 0 Å². The van der Waals surface area contributed by atoms with Crippen molar-refractivity contribution in [1.82, 2.24) is 25.5 Å². The minimum atomic E-state index is 0.198. The molecule has 2 atom stereocenters. The minimum Gasteiger partial charge on any atom is -0.311 e. The maximum atomic E-state index is 4.08. The van der Waals surface area contributed by atoms with Crippen molar-refractivity contribution in [2.75, 3.05) is 7.05 Å². The van der Waals surface area contributed by atoms with Gasteiger partial charge >= 0.3 is 0 Å². The monoisotopic (exact) mass is 225 g/mol. The molecule has 0 aliphatic rings. The van der Waals surface area contributed by atoms with Crippen molar-refractivity contribution in [3.05, 3.63) is 5.82 Å². The van der Waals surface area contributed by atoms with Crippen LogP contribution in [0.1, 0.15) is 64.4 Å². The van der Waals surface area contributed by atoms with Gasteiger partial charge in [-0.15, -0.1) is 5.10 Å². The number of rotatable bonds is 7. The van der Waals surface area contributed by atoms with Gasteiger partial charge in [0.05, 0.1) is 12.1 Å². The summed E-state index contributed by atoms with van der Waals surface area (Å²) >= 11 is 0. The Bertz CT molecular complexity index is 296. The van der Waals surface area contributed by atoms with Gasteiger partial charge in [-0.05, 0) is 37.7 Å². The van der Waals surface area contributed by atoms with Crippen molar-refractivity contribution in [3.8, 4) is 0 Å². The molecule has 1 N–H and O–H groups in total. The summed E-state index contributed by atoms with van der Waals surface area (Å²) in [4.78, 5) is 0. The van der Waals surface area contributed by atoms with Gasteiger partial charge in [-0.3, -0.25) is 0 Å². The average molecular weight is 225 g/mol. The van der Waals surface area contributed by atoms with Crippen LogP contribution in [0.4, 0.5) is 0 Å². The van der Waals surface area contributed by atoms with Crippen LogP contribution in [0.25, 0.3) is 0 Å². The molecule has 0 saturated carbocycles. The number of hydrogen-bond donors (Lipinski definition) is 1. The van der Waals surface area contributed by atoms with E-state index in [0.717, 1.165) is 12.2 Å². The highest BCUT2D eigenvalue weighted by Crippen LogP contribution is 2.18. The minimum absolute atomic E-state index is 0.198. The van der Waals surface area contributed by atoms with Gasteiger partial charge in [-0.2, -0.15) is 0 Å². The van der Waals surface area contributed by atoms with E-state index in [9.17, 15) is 0 Å². The molecule has 0 radical (unpaired) electrons. The van der Waals surface area contributed by atoms with Crippen molar-refractivity contribution >= 4 is 0 Å². The Hall–Kier alpha value is -0.970. The number of hydrogen-bond acceptors (Lipinski definition) is 4. The number of aromatic nitrogens is 4. The Morgan fingerprint density at radius 1 is 1.31 bits per heavy atom. The van der Waals surface area contributed by atoms with E-state index in [4.69, 9.17) is 0 Å². The number of nitrogens with one attached hydrogen (secondary N) is 1. The maximum Gasteiger partial charge on any atom is 0.168 e. The summed E-state index contributed by atoms with van der Waals surface area (Å²) in [5, 5.41) is 15.1.